The largest absolute Gasteiger partial charge is 0.417 e. The summed E-state index contributed by atoms with van der Waals surface area (Å²) >= 11 is 0. The molecular weight excluding hydrogens is 383 g/mol. The molecule has 1 aliphatic heterocycles. The second-order valence-electron chi connectivity index (χ2n) is 6.31. The fourth-order valence-electron chi connectivity index (χ4n) is 3.02. The zero-order valence-corrected chi connectivity index (χ0v) is 15.7. The van der Waals surface area contributed by atoms with E-state index in [0.29, 0.717) is 19.6 Å². The van der Waals surface area contributed by atoms with Crippen molar-refractivity contribution < 1.29 is 31.3 Å². The second kappa shape index (κ2) is 8.41. The number of nitrogens with zero attached hydrogens (tertiary/aromatic N) is 1. The van der Waals surface area contributed by atoms with Gasteiger partial charge in [-0.1, -0.05) is 18.2 Å². The van der Waals surface area contributed by atoms with Gasteiger partial charge in [0, 0.05) is 6.54 Å². The first-order valence-electron chi connectivity index (χ1n) is 8.48. The molecule has 1 fully saturated rings. The molecule has 27 heavy (non-hydrogen) atoms. The van der Waals surface area contributed by atoms with Gasteiger partial charge in [0.2, 0.25) is 10.0 Å². The van der Waals surface area contributed by atoms with Gasteiger partial charge in [-0.05, 0) is 19.1 Å². The van der Waals surface area contributed by atoms with E-state index >= 15 is 0 Å². The Morgan fingerprint density at radius 2 is 1.93 bits per heavy atom. The Morgan fingerprint density at radius 1 is 1.33 bits per heavy atom. The Hall–Kier alpha value is -1.91. The molecule has 0 radical (unpaired) electrons. The average molecular weight is 406 g/mol. The van der Waals surface area contributed by atoms with Gasteiger partial charge in [-0.3, -0.25) is 4.79 Å². The van der Waals surface area contributed by atoms with E-state index in [1.165, 1.54) is 6.07 Å². The maximum atomic E-state index is 13.2. The van der Waals surface area contributed by atoms with E-state index in [1.807, 2.05) is 0 Å². The molecule has 2 rings (SSSR count). The van der Waals surface area contributed by atoms with Crippen LogP contribution in [0.1, 0.15) is 12.5 Å². The summed E-state index contributed by atoms with van der Waals surface area (Å²) in [4.78, 5) is 12.2. The van der Waals surface area contributed by atoms with E-state index in [-0.39, 0.29) is 19.0 Å². The van der Waals surface area contributed by atoms with Gasteiger partial charge >= 0.3 is 6.18 Å². The quantitative estimate of drug-likeness (QED) is 0.667. The van der Waals surface area contributed by atoms with Crippen LogP contribution in [-0.2, 0) is 21.0 Å². The monoisotopic (exact) mass is 406 g/mol. The number of benzene rings is 1. The van der Waals surface area contributed by atoms with Crippen molar-refractivity contribution in [3.8, 4) is 0 Å². The van der Waals surface area contributed by atoms with Gasteiger partial charge in [-0.2, -0.15) is 17.5 Å². The number of carbonyl (C=O) groups is 1. The number of piperazine rings is 1. The highest BCUT2D eigenvalue weighted by atomic mass is 32.2. The Morgan fingerprint density at radius 3 is 2.48 bits per heavy atom. The number of nitrogens with one attached hydrogen (secondary N) is 2. The highest BCUT2D eigenvalue weighted by molar-refractivity contribution is 7.89. The number of hydrogen-bond donors (Lipinski definition) is 2. The van der Waals surface area contributed by atoms with E-state index in [9.17, 15) is 26.4 Å². The lowest BCUT2D eigenvalue weighted by atomic mass is 10.2. The number of hydrogen-bond acceptors (Lipinski definition) is 3. The number of halogens is 3. The first-order chi connectivity index (χ1) is 12.6. The van der Waals surface area contributed by atoms with Crippen molar-refractivity contribution in [1.82, 2.24) is 9.62 Å². The minimum atomic E-state index is -4.76. The standard InChI is InChI=1S/C17H22F3N3O3S/c1-3-8-21-16(24)13(2)22-9-11-23(12-10-22)27(25,26)15-7-5-4-6-14(15)17(18,19)20/h3-7,13H,1,8-12H2,2H3,(H,21,24)/p+1/t13-/m1/s1. The summed E-state index contributed by atoms with van der Waals surface area (Å²) in [5.41, 5.74) is -1.17. The topological polar surface area (TPSA) is 70.9 Å². The summed E-state index contributed by atoms with van der Waals surface area (Å²) in [6.45, 7) is 6.34. The molecule has 1 aromatic carbocycles. The van der Waals surface area contributed by atoms with Crippen LogP contribution in [0, 0.1) is 0 Å². The van der Waals surface area contributed by atoms with E-state index in [2.05, 4.69) is 11.9 Å². The predicted octanol–water partition coefficient (Wildman–Crippen LogP) is 0.285. The molecule has 0 aromatic heterocycles. The average Bonchev–Trinajstić information content (AvgIpc) is 2.65. The maximum Gasteiger partial charge on any atom is 0.417 e. The van der Waals surface area contributed by atoms with Crippen LogP contribution in [0.3, 0.4) is 0 Å². The fraction of sp³-hybridized carbons (Fsp3) is 0.471. The molecule has 10 heteroatoms. The van der Waals surface area contributed by atoms with Gasteiger partial charge in [0.15, 0.2) is 6.04 Å². The lowest BCUT2D eigenvalue weighted by Gasteiger charge is -2.34. The van der Waals surface area contributed by atoms with Gasteiger partial charge < -0.3 is 10.2 Å². The molecule has 1 atom stereocenters. The summed E-state index contributed by atoms with van der Waals surface area (Å²) in [6.07, 6.45) is -3.20. The molecule has 1 heterocycles. The molecule has 0 unspecified atom stereocenters. The number of sulfonamides is 1. The molecule has 1 saturated heterocycles. The highest BCUT2D eigenvalue weighted by Crippen LogP contribution is 2.35. The molecule has 0 aliphatic carbocycles. The number of rotatable bonds is 6. The normalized spacial score (nSPS) is 18.1. The third kappa shape index (κ3) is 4.88. The van der Waals surface area contributed by atoms with Crippen LogP contribution in [0.15, 0.2) is 41.8 Å². The van der Waals surface area contributed by atoms with Crippen molar-refractivity contribution in [2.45, 2.75) is 24.0 Å². The highest BCUT2D eigenvalue weighted by Gasteiger charge is 2.40. The van der Waals surface area contributed by atoms with E-state index < -0.39 is 32.7 Å². The van der Waals surface area contributed by atoms with Crippen molar-refractivity contribution in [3.63, 3.8) is 0 Å². The Kier molecular flexibility index (Phi) is 6.66. The fourth-order valence-corrected chi connectivity index (χ4v) is 4.68. The summed E-state index contributed by atoms with van der Waals surface area (Å²) in [6, 6.07) is 3.78. The van der Waals surface area contributed by atoms with Crippen LogP contribution < -0.4 is 10.2 Å². The van der Waals surface area contributed by atoms with Gasteiger partial charge in [-0.25, -0.2) is 8.42 Å². The Balaban J connectivity index is 2.12. The zero-order valence-electron chi connectivity index (χ0n) is 14.9. The van der Waals surface area contributed by atoms with Crippen molar-refractivity contribution in [1.29, 1.82) is 0 Å². The molecule has 1 amide bonds. The van der Waals surface area contributed by atoms with Crippen molar-refractivity contribution in [2.75, 3.05) is 32.7 Å². The van der Waals surface area contributed by atoms with E-state index in [0.717, 1.165) is 27.4 Å². The second-order valence-corrected chi connectivity index (χ2v) is 8.22. The number of amides is 1. The van der Waals surface area contributed by atoms with Gasteiger partial charge in [0.1, 0.15) is 0 Å². The summed E-state index contributed by atoms with van der Waals surface area (Å²) in [7, 11) is -4.27. The maximum absolute atomic E-state index is 13.2. The van der Waals surface area contributed by atoms with Crippen LogP contribution in [0.2, 0.25) is 0 Å². The molecule has 2 N–H and O–H groups in total. The summed E-state index contributed by atoms with van der Waals surface area (Å²) < 4.78 is 66.0. The minimum absolute atomic E-state index is 0.0446. The lowest BCUT2D eigenvalue weighted by Crippen LogP contribution is -3.19. The van der Waals surface area contributed by atoms with Crippen LogP contribution >= 0.6 is 0 Å². The molecular formula is C17H23F3N3O3S+. The third-order valence-electron chi connectivity index (χ3n) is 4.60. The first kappa shape index (κ1) is 21.4. The SMILES string of the molecule is C=CCNC(=O)[C@@H](C)[NH+]1CCN(S(=O)(=O)c2ccccc2C(F)(F)F)CC1. The zero-order chi connectivity index (χ0) is 20.2. The first-order valence-corrected chi connectivity index (χ1v) is 9.92. The smallest absolute Gasteiger partial charge is 0.347 e. The lowest BCUT2D eigenvalue weighted by molar-refractivity contribution is -0.917. The van der Waals surface area contributed by atoms with Crippen molar-refractivity contribution in [2.24, 2.45) is 0 Å². The van der Waals surface area contributed by atoms with Crippen LogP contribution in [0.4, 0.5) is 13.2 Å². The van der Waals surface area contributed by atoms with Crippen LogP contribution in [-0.4, -0.2) is 57.4 Å². The molecule has 150 valence electrons. The van der Waals surface area contributed by atoms with Crippen molar-refractivity contribution in [3.05, 3.63) is 42.5 Å². The molecule has 6 nitrogen and oxygen atoms in total. The predicted molar refractivity (Wildman–Crippen MR) is 93.6 cm³/mol. The van der Waals surface area contributed by atoms with Gasteiger partial charge in [-0.15, -0.1) is 6.58 Å². The van der Waals surface area contributed by atoms with Crippen LogP contribution in [0.5, 0.6) is 0 Å². The number of alkyl halides is 3. The van der Waals surface area contributed by atoms with Gasteiger partial charge in [0.05, 0.1) is 36.6 Å². The Bertz CT molecular complexity index is 788. The molecule has 0 bridgehead atoms. The number of carbonyl (C=O) groups excluding carboxylic acids is 1. The van der Waals surface area contributed by atoms with E-state index in [1.54, 1.807) is 13.0 Å². The Labute approximate surface area is 156 Å². The molecule has 1 aliphatic rings. The number of quaternary nitrogens is 1. The molecule has 0 spiro atoms. The van der Waals surface area contributed by atoms with E-state index in [4.69, 9.17) is 0 Å². The molecule has 0 saturated carbocycles. The minimum Gasteiger partial charge on any atom is -0.347 e. The van der Waals surface area contributed by atoms with Crippen molar-refractivity contribution >= 4 is 15.9 Å². The summed E-state index contributed by atoms with van der Waals surface area (Å²) in [5.74, 6) is -0.177. The summed E-state index contributed by atoms with van der Waals surface area (Å²) in [5, 5.41) is 2.69. The third-order valence-corrected chi connectivity index (χ3v) is 6.56. The van der Waals surface area contributed by atoms with Crippen LogP contribution in [0.25, 0.3) is 0 Å². The van der Waals surface area contributed by atoms with Gasteiger partial charge in [0.25, 0.3) is 5.91 Å². The molecule has 1 aromatic rings.